The molecule has 0 saturated carbocycles. The van der Waals surface area contributed by atoms with E-state index in [1.807, 2.05) is 0 Å². The summed E-state index contributed by atoms with van der Waals surface area (Å²) in [6.45, 7) is 3.08. The van der Waals surface area contributed by atoms with Crippen LogP contribution in [0.3, 0.4) is 0 Å². The fraction of sp³-hybridized carbons (Fsp3) is 0.263. The number of hydrogen-bond acceptors (Lipinski definition) is 3. The minimum Gasteiger partial charge on any atom is -0.484 e. The molecule has 2 aromatic carbocycles. The lowest BCUT2D eigenvalue weighted by molar-refractivity contribution is -0.137. The van der Waals surface area contributed by atoms with E-state index in [0.717, 1.165) is 12.1 Å². The van der Waals surface area contributed by atoms with E-state index in [9.17, 15) is 22.8 Å². The highest BCUT2D eigenvalue weighted by Crippen LogP contribution is 2.36. The van der Waals surface area contributed by atoms with Gasteiger partial charge in [-0.3, -0.25) is 9.59 Å². The zero-order valence-electron chi connectivity index (χ0n) is 15.1. The topological polar surface area (TPSA) is 67.4 Å². The molecule has 28 heavy (non-hydrogen) atoms. The molecule has 0 aliphatic heterocycles. The molecule has 0 aliphatic rings. The molecular formula is C19H18ClF3N2O3. The van der Waals surface area contributed by atoms with Gasteiger partial charge in [0.2, 0.25) is 5.91 Å². The highest BCUT2D eigenvalue weighted by Gasteiger charge is 2.33. The van der Waals surface area contributed by atoms with Crippen LogP contribution >= 0.6 is 11.6 Å². The Morgan fingerprint density at radius 2 is 1.75 bits per heavy atom. The number of rotatable bonds is 6. The summed E-state index contributed by atoms with van der Waals surface area (Å²) in [4.78, 5) is 23.7. The van der Waals surface area contributed by atoms with Crippen LogP contribution in [0.2, 0.25) is 5.02 Å². The molecule has 0 aliphatic carbocycles. The van der Waals surface area contributed by atoms with Gasteiger partial charge in [0, 0.05) is 23.4 Å². The standard InChI is InChI=1S/C19H18ClF3N2O3/c1-11(2)18(27)25-12-4-3-5-14(8-12)28-10-17(26)24-13-6-7-16(20)15(9-13)19(21,22)23/h3-9,11H,10H2,1-2H3,(H,24,26)(H,25,27). The third-order valence-corrected chi connectivity index (χ3v) is 3.88. The quantitative estimate of drug-likeness (QED) is 0.701. The molecule has 0 unspecified atom stereocenters. The summed E-state index contributed by atoms with van der Waals surface area (Å²) >= 11 is 5.54. The number of anilines is 2. The molecule has 5 nitrogen and oxygen atoms in total. The van der Waals surface area contributed by atoms with Gasteiger partial charge in [0.1, 0.15) is 5.75 Å². The van der Waals surface area contributed by atoms with Gasteiger partial charge in [0.25, 0.3) is 5.91 Å². The summed E-state index contributed by atoms with van der Waals surface area (Å²) in [5.41, 5.74) is -0.589. The van der Waals surface area contributed by atoms with Gasteiger partial charge in [-0.25, -0.2) is 0 Å². The van der Waals surface area contributed by atoms with Crippen molar-refractivity contribution in [1.82, 2.24) is 0 Å². The Hall–Kier alpha value is -2.74. The molecule has 0 saturated heterocycles. The van der Waals surface area contributed by atoms with Gasteiger partial charge < -0.3 is 15.4 Å². The van der Waals surface area contributed by atoms with Crippen LogP contribution in [0.15, 0.2) is 42.5 Å². The summed E-state index contributed by atoms with van der Waals surface area (Å²) in [7, 11) is 0. The zero-order valence-corrected chi connectivity index (χ0v) is 15.8. The van der Waals surface area contributed by atoms with Crippen molar-refractivity contribution in [2.45, 2.75) is 20.0 Å². The number of amides is 2. The van der Waals surface area contributed by atoms with Gasteiger partial charge >= 0.3 is 6.18 Å². The molecule has 150 valence electrons. The van der Waals surface area contributed by atoms with Crippen LogP contribution in [-0.4, -0.2) is 18.4 Å². The molecule has 0 spiro atoms. The molecular weight excluding hydrogens is 397 g/mol. The van der Waals surface area contributed by atoms with Crippen molar-refractivity contribution >= 4 is 34.8 Å². The SMILES string of the molecule is CC(C)C(=O)Nc1cccc(OCC(=O)Nc2ccc(Cl)c(C(F)(F)F)c2)c1. The van der Waals surface area contributed by atoms with Crippen molar-refractivity contribution in [2.75, 3.05) is 17.2 Å². The molecule has 9 heteroatoms. The van der Waals surface area contributed by atoms with Gasteiger partial charge in [0.15, 0.2) is 6.61 Å². The van der Waals surface area contributed by atoms with Crippen LogP contribution < -0.4 is 15.4 Å². The lowest BCUT2D eigenvalue weighted by Gasteiger charge is -2.13. The van der Waals surface area contributed by atoms with Crippen LogP contribution in [0.1, 0.15) is 19.4 Å². The van der Waals surface area contributed by atoms with Gasteiger partial charge in [-0.05, 0) is 30.3 Å². The van der Waals surface area contributed by atoms with E-state index in [4.69, 9.17) is 16.3 Å². The number of benzene rings is 2. The van der Waals surface area contributed by atoms with Crippen LogP contribution in [-0.2, 0) is 15.8 Å². The van der Waals surface area contributed by atoms with Crippen molar-refractivity contribution in [3.63, 3.8) is 0 Å². The molecule has 0 fully saturated rings. The summed E-state index contributed by atoms with van der Waals surface area (Å²) in [6.07, 6.45) is -4.63. The minimum atomic E-state index is -4.63. The number of carbonyl (C=O) groups excluding carboxylic acids is 2. The maximum Gasteiger partial charge on any atom is 0.417 e. The summed E-state index contributed by atoms with van der Waals surface area (Å²) in [5.74, 6) is -0.690. The van der Waals surface area contributed by atoms with E-state index < -0.39 is 29.3 Å². The number of hydrogen-bond donors (Lipinski definition) is 2. The number of carbonyl (C=O) groups is 2. The Morgan fingerprint density at radius 3 is 2.39 bits per heavy atom. The lowest BCUT2D eigenvalue weighted by atomic mass is 10.2. The van der Waals surface area contributed by atoms with Crippen LogP contribution in [0.5, 0.6) is 5.75 Å². The molecule has 0 radical (unpaired) electrons. The second-order valence-corrected chi connectivity index (χ2v) is 6.61. The monoisotopic (exact) mass is 414 g/mol. The molecule has 2 amide bonds. The highest BCUT2D eigenvalue weighted by molar-refractivity contribution is 6.31. The lowest BCUT2D eigenvalue weighted by Crippen LogP contribution is -2.21. The van der Waals surface area contributed by atoms with E-state index in [-0.39, 0.29) is 17.5 Å². The summed E-state index contributed by atoms with van der Waals surface area (Å²) < 4.78 is 43.9. The molecule has 0 aromatic heterocycles. The molecule has 0 bridgehead atoms. The van der Waals surface area contributed by atoms with Gasteiger partial charge in [-0.1, -0.05) is 31.5 Å². The maximum absolute atomic E-state index is 12.9. The molecule has 2 N–H and O–H groups in total. The fourth-order valence-electron chi connectivity index (χ4n) is 2.12. The molecule has 2 rings (SSSR count). The summed E-state index contributed by atoms with van der Waals surface area (Å²) in [6, 6.07) is 9.50. The highest BCUT2D eigenvalue weighted by atomic mass is 35.5. The Labute approximate surface area is 164 Å². The van der Waals surface area contributed by atoms with E-state index in [1.165, 1.54) is 12.1 Å². The largest absolute Gasteiger partial charge is 0.484 e. The Morgan fingerprint density at radius 1 is 1.07 bits per heavy atom. The van der Waals surface area contributed by atoms with Gasteiger partial charge in [-0.2, -0.15) is 13.2 Å². The van der Waals surface area contributed by atoms with Crippen LogP contribution in [0.25, 0.3) is 0 Å². The normalized spacial score (nSPS) is 11.2. The third kappa shape index (κ3) is 6.16. The molecule has 2 aromatic rings. The first-order valence-corrected chi connectivity index (χ1v) is 8.64. The third-order valence-electron chi connectivity index (χ3n) is 3.55. The second-order valence-electron chi connectivity index (χ2n) is 6.20. The van der Waals surface area contributed by atoms with E-state index >= 15 is 0 Å². The average Bonchev–Trinajstić information content (AvgIpc) is 2.61. The predicted octanol–water partition coefficient (Wildman–Crippen LogP) is 4.97. The Bertz CT molecular complexity index is 870. The number of ether oxygens (including phenoxy) is 1. The van der Waals surface area contributed by atoms with Gasteiger partial charge in [0.05, 0.1) is 10.6 Å². The number of halogens is 4. The van der Waals surface area contributed by atoms with Crippen molar-refractivity contribution in [3.05, 3.63) is 53.1 Å². The molecule has 0 atom stereocenters. The first-order valence-electron chi connectivity index (χ1n) is 8.26. The Balaban J connectivity index is 1.97. The summed E-state index contributed by atoms with van der Waals surface area (Å²) in [5, 5.41) is 4.56. The average molecular weight is 415 g/mol. The first kappa shape index (κ1) is 21.6. The van der Waals surface area contributed by atoms with Crippen molar-refractivity contribution < 1.29 is 27.5 Å². The smallest absolute Gasteiger partial charge is 0.417 e. The van der Waals surface area contributed by atoms with E-state index in [2.05, 4.69) is 10.6 Å². The van der Waals surface area contributed by atoms with Crippen molar-refractivity contribution in [3.8, 4) is 5.75 Å². The maximum atomic E-state index is 12.9. The number of alkyl halides is 3. The van der Waals surface area contributed by atoms with Gasteiger partial charge in [-0.15, -0.1) is 0 Å². The van der Waals surface area contributed by atoms with Crippen LogP contribution in [0, 0.1) is 5.92 Å². The van der Waals surface area contributed by atoms with Crippen molar-refractivity contribution in [2.24, 2.45) is 5.92 Å². The number of nitrogens with one attached hydrogen (secondary N) is 2. The molecule has 0 heterocycles. The fourth-order valence-corrected chi connectivity index (χ4v) is 2.34. The zero-order chi connectivity index (χ0) is 20.9. The Kier molecular flexibility index (Phi) is 6.90. The van der Waals surface area contributed by atoms with Crippen molar-refractivity contribution in [1.29, 1.82) is 0 Å². The van der Waals surface area contributed by atoms with E-state index in [1.54, 1.807) is 32.0 Å². The van der Waals surface area contributed by atoms with E-state index in [0.29, 0.717) is 11.4 Å². The first-order chi connectivity index (χ1) is 13.1. The predicted molar refractivity (Wildman–Crippen MR) is 100 cm³/mol. The minimum absolute atomic E-state index is 0.0525. The van der Waals surface area contributed by atoms with Crippen LogP contribution in [0.4, 0.5) is 24.5 Å². The second kappa shape index (κ2) is 8.97.